The quantitative estimate of drug-likeness (QED) is 0.738. The standard InChI is InChI=1S/C10H15N3O2/c1-13(7-6-10(14)15-2)9-5-3-4-8(11)12-9/h3-5H,6-7H2,1-2H3,(H2,11,12). The number of aromatic nitrogens is 1. The summed E-state index contributed by atoms with van der Waals surface area (Å²) >= 11 is 0. The molecule has 0 saturated carbocycles. The second kappa shape index (κ2) is 5.19. The van der Waals surface area contributed by atoms with E-state index in [0.717, 1.165) is 5.82 Å². The molecule has 1 heterocycles. The van der Waals surface area contributed by atoms with E-state index in [1.807, 2.05) is 24.1 Å². The Bertz CT molecular complexity index is 341. The molecule has 1 aromatic rings. The Balaban J connectivity index is 2.53. The summed E-state index contributed by atoms with van der Waals surface area (Å²) in [5.41, 5.74) is 5.55. The molecule has 1 rings (SSSR count). The van der Waals surface area contributed by atoms with Crippen LogP contribution in [0.3, 0.4) is 0 Å². The minimum Gasteiger partial charge on any atom is -0.469 e. The first kappa shape index (κ1) is 11.3. The predicted molar refractivity (Wildman–Crippen MR) is 58.6 cm³/mol. The third kappa shape index (κ3) is 3.46. The third-order valence-corrected chi connectivity index (χ3v) is 2.03. The number of nitrogens with two attached hydrogens (primary N) is 1. The molecule has 0 aliphatic heterocycles. The number of anilines is 2. The Labute approximate surface area is 88.9 Å². The molecule has 0 spiro atoms. The van der Waals surface area contributed by atoms with Gasteiger partial charge < -0.3 is 15.4 Å². The molecule has 0 radical (unpaired) electrons. The van der Waals surface area contributed by atoms with Gasteiger partial charge in [-0.05, 0) is 12.1 Å². The molecule has 0 saturated heterocycles. The molecule has 5 nitrogen and oxygen atoms in total. The summed E-state index contributed by atoms with van der Waals surface area (Å²) in [6.45, 7) is 0.559. The highest BCUT2D eigenvalue weighted by atomic mass is 16.5. The Kier molecular flexibility index (Phi) is 3.91. The van der Waals surface area contributed by atoms with Gasteiger partial charge in [0.15, 0.2) is 0 Å². The molecule has 0 aromatic carbocycles. The van der Waals surface area contributed by atoms with Gasteiger partial charge in [-0.25, -0.2) is 4.98 Å². The van der Waals surface area contributed by atoms with Crippen LogP contribution in [0.1, 0.15) is 6.42 Å². The van der Waals surface area contributed by atoms with Crippen LogP contribution in [-0.4, -0.2) is 31.7 Å². The van der Waals surface area contributed by atoms with Crippen LogP contribution in [0.15, 0.2) is 18.2 Å². The summed E-state index contributed by atoms with van der Waals surface area (Å²) in [5, 5.41) is 0. The SMILES string of the molecule is COC(=O)CCN(C)c1cccc(N)n1. The summed E-state index contributed by atoms with van der Waals surface area (Å²) in [5.74, 6) is 0.988. The van der Waals surface area contributed by atoms with Crippen molar-refractivity contribution in [3.8, 4) is 0 Å². The summed E-state index contributed by atoms with van der Waals surface area (Å²) in [4.78, 5) is 16.9. The average Bonchev–Trinajstić information content (AvgIpc) is 2.25. The number of nitrogens with zero attached hydrogens (tertiary/aromatic N) is 2. The van der Waals surface area contributed by atoms with Crippen LogP contribution in [0.2, 0.25) is 0 Å². The number of rotatable bonds is 4. The second-order valence-corrected chi connectivity index (χ2v) is 3.17. The smallest absolute Gasteiger partial charge is 0.307 e. The van der Waals surface area contributed by atoms with E-state index in [1.165, 1.54) is 7.11 Å². The van der Waals surface area contributed by atoms with Crippen molar-refractivity contribution in [3.05, 3.63) is 18.2 Å². The van der Waals surface area contributed by atoms with Gasteiger partial charge in [-0.15, -0.1) is 0 Å². The average molecular weight is 209 g/mol. The van der Waals surface area contributed by atoms with E-state index < -0.39 is 0 Å². The van der Waals surface area contributed by atoms with Crippen molar-refractivity contribution < 1.29 is 9.53 Å². The largest absolute Gasteiger partial charge is 0.469 e. The lowest BCUT2D eigenvalue weighted by Gasteiger charge is -2.17. The fourth-order valence-corrected chi connectivity index (χ4v) is 1.13. The summed E-state index contributed by atoms with van der Waals surface area (Å²) in [6, 6.07) is 5.39. The molecular formula is C10H15N3O2. The van der Waals surface area contributed by atoms with Gasteiger partial charge in [0.05, 0.1) is 13.5 Å². The lowest BCUT2D eigenvalue weighted by molar-refractivity contribution is -0.140. The van der Waals surface area contributed by atoms with Gasteiger partial charge in [0.2, 0.25) is 0 Å². The molecule has 2 N–H and O–H groups in total. The molecule has 0 unspecified atom stereocenters. The number of carbonyl (C=O) groups is 1. The van der Waals surface area contributed by atoms with Gasteiger partial charge in [0, 0.05) is 13.6 Å². The number of esters is 1. The molecule has 0 amide bonds. The zero-order valence-electron chi connectivity index (χ0n) is 8.93. The van der Waals surface area contributed by atoms with Crippen molar-refractivity contribution in [1.82, 2.24) is 4.98 Å². The lowest BCUT2D eigenvalue weighted by Crippen LogP contribution is -2.22. The number of hydrogen-bond donors (Lipinski definition) is 1. The van der Waals surface area contributed by atoms with Crippen LogP contribution >= 0.6 is 0 Å². The second-order valence-electron chi connectivity index (χ2n) is 3.17. The van der Waals surface area contributed by atoms with Crippen LogP contribution in [0, 0.1) is 0 Å². The maximum absolute atomic E-state index is 10.9. The van der Waals surface area contributed by atoms with Crippen molar-refractivity contribution in [2.75, 3.05) is 31.3 Å². The molecule has 0 atom stereocenters. The van der Waals surface area contributed by atoms with E-state index in [1.54, 1.807) is 6.07 Å². The number of ether oxygens (including phenoxy) is 1. The summed E-state index contributed by atoms with van der Waals surface area (Å²) in [6.07, 6.45) is 0.337. The molecule has 0 bridgehead atoms. The first-order valence-electron chi connectivity index (χ1n) is 4.64. The Morgan fingerprint density at radius 2 is 2.33 bits per heavy atom. The minimum absolute atomic E-state index is 0.231. The lowest BCUT2D eigenvalue weighted by atomic mass is 10.3. The molecule has 82 valence electrons. The summed E-state index contributed by atoms with van der Waals surface area (Å²) in [7, 11) is 3.23. The highest BCUT2D eigenvalue weighted by Crippen LogP contribution is 2.10. The Morgan fingerprint density at radius 1 is 1.60 bits per heavy atom. The van der Waals surface area contributed by atoms with Gasteiger partial charge >= 0.3 is 5.97 Å². The molecular weight excluding hydrogens is 194 g/mol. The van der Waals surface area contributed by atoms with Crippen LogP contribution in [0.5, 0.6) is 0 Å². The van der Waals surface area contributed by atoms with E-state index in [9.17, 15) is 4.79 Å². The number of nitrogen functional groups attached to an aromatic ring is 1. The fourth-order valence-electron chi connectivity index (χ4n) is 1.13. The zero-order chi connectivity index (χ0) is 11.3. The van der Waals surface area contributed by atoms with Gasteiger partial charge in [-0.2, -0.15) is 0 Å². The van der Waals surface area contributed by atoms with Gasteiger partial charge in [0.1, 0.15) is 11.6 Å². The Morgan fingerprint density at radius 3 is 2.93 bits per heavy atom. The van der Waals surface area contributed by atoms with Crippen LogP contribution < -0.4 is 10.6 Å². The number of methoxy groups -OCH3 is 1. The molecule has 0 fully saturated rings. The minimum atomic E-state index is -0.231. The van der Waals surface area contributed by atoms with Gasteiger partial charge in [-0.1, -0.05) is 6.07 Å². The monoisotopic (exact) mass is 209 g/mol. The number of carbonyl (C=O) groups excluding carboxylic acids is 1. The Hall–Kier alpha value is -1.78. The molecule has 0 aliphatic carbocycles. The molecule has 1 aromatic heterocycles. The first-order valence-corrected chi connectivity index (χ1v) is 4.64. The zero-order valence-corrected chi connectivity index (χ0v) is 8.93. The first-order chi connectivity index (χ1) is 7.13. The van der Waals surface area contributed by atoms with Gasteiger partial charge in [0.25, 0.3) is 0 Å². The highest BCUT2D eigenvalue weighted by molar-refractivity contribution is 5.69. The van der Waals surface area contributed by atoms with Crippen molar-refractivity contribution in [3.63, 3.8) is 0 Å². The number of hydrogen-bond acceptors (Lipinski definition) is 5. The molecule has 0 aliphatic rings. The van der Waals surface area contributed by atoms with E-state index in [4.69, 9.17) is 5.73 Å². The molecule has 15 heavy (non-hydrogen) atoms. The summed E-state index contributed by atoms with van der Waals surface area (Å²) < 4.78 is 4.55. The van der Waals surface area contributed by atoms with Gasteiger partial charge in [-0.3, -0.25) is 4.79 Å². The van der Waals surface area contributed by atoms with Crippen LogP contribution in [0.25, 0.3) is 0 Å². The van der Waals surface area contributed by atoms with E-state index >= 15 is 0 Å². The van der Waals surface area contributed by atoms with Crippen molar-refractivity contribution >= 4 is 17.6 Å². The maximum Gasteiger partial charge on any atom is 0.307 e. The van der Waals surface area contributed by atoms with Crippen LogP contribution in [-0.2, 0) is 9.53 Å². The normalized spacial score (nSPS) is 9.73. The van der Waals surface area contributed by atoms with Crippen molar-refractivity contribution in [1.29, 1.82) is 0 Å². The van der Waals surface area contributed by atoms with E-state index in [2.05, 4.69) is 9.72 Å². The molecule has 5 heteroatoms. The topological polar surface area (TPSA) is 68.5 Å². The van der Waals surface area contributed by atoms with Crippen molar-refractivity contribution in [2.24, 2.45) is 0 Å². The van der Waals surface area contributed by atoms with Crippen molar-refractivity contribution in [2.45, 2.75) is 6.42 Å². The van der Waals surface area contributed by atoms with E-state index in [-0.39, 0.29) is 5.97 Å². The highest BCUT2D eigenvalue weighted by Gasteiger charge is 2.06. The fraction of sp³-hybridized carbons (Fsp3) is 0.400. The van der Waals surface area contributed by atoms with Crippen LogP contribution in [0.4, 0.5) is 11.6 Å². The maximum atomic E-state index is 10.9. The third-order valence-electron chi connectivity index (χ3n) is 2.03. The predicted octanol–water partition coefficient (Wildman–Crippen LogP) is 0.663. The number of pyridine rings is 1. The van der Waals surface area contributed by atoms with E-state index in [0.29, 0.717) is 18.8 Å².